The lowest BCUT2D eigenvalue weighted by atomic mass is 10.0. The Hall–Kier alpha value is -1.87. The molecule has 18 heavy (non-hydrogen) atoms. The first kappa shape index (κ1) is 12.6. The Labute approximate surface area is 108 Å². The van der Waals surface area contributed by atoms with Crippen molar-refractivity contribution in [2.45, 2.75) is 13.5 Å². The quantitative estimate of drug-likeness (QED) is 0.898. The molecule has 0 amide bonds. The number of nitrogens with two attached hydrogens (primary N) is 1. The second-order valence-corrected chi connectivity index (χ2v) is 4.64. The molecular formula is C15H19N3. The average Bonchev–Trinajstić information content (AvgIpc) is 2.38. The average molecular weight is 241 g/mol. The van der Waals surface area contributed by atoms with Crippen molar-refractivity contribution in [1.29, 1.82) is 0 Å². The molecule has 0 aliphatic heterocycles. The molecule has 3 heteroatoms. The molecule has 1 heterocycles. The molecular weight excluding hydrogens is 222 g/mol. The smallest absolute Gasteiger partial charge is 0.0443 e. The van der Waals surface area contributed by atoms with Crippen LogP contribution in [-0.4, -0.2) is 19.1 Å². The summed E-state index contributed by atoms with van der Waals surface area (Å²) in [5.41, 5.74) is 11.5. The Bertz CT molecular complexity index is 547. The monoisotopic (exact) mass is 241 g/mol. The predicted molar refractivity (Wildman–Crippen MR) is 76.6 cm³/mol. The summed E-state index contributed by atoms with van der Waals surface area (Å²) in [5.74, 6) is 0. The predicted octanol–water partition coefficient (Wildman–Crippen LogP) is 2.58. The van der Waals surface area contributed by atoms with E-state index in [1.54, 1.807) is 0 Å². The molecule has 0 aliphatic rings. The second-order valence-electron chi connectivity index (χ2n) is 4.64. The fourth-order valence-electron chi connectivity index (χ4n) is 2.03. The van der Waals surface area contributed by atoms with Crippen LogP contribution in [0.4, 0.5) is 5.69 Å². The van der Waals surface area contributed by atoms with Gasteiger partial charge in [-0.15, -0.1) is 0 Å². The first-order valence-corrected chi connectivity index (χ1v) is 6.05. The number of hydrogen-bond donors (Lipinski definition) is 1. The number of anilines is 1. The molecule has 0 unspecified atom stereocenters. The normalized spacial score (nSPS) is 10.4. The highest BCUT2D eigenvalue weighted by atomic mass is 15.1. The highest BCUT2D eigenvalue weighted by Gasteiger charge is 2.08. The zero-order chi connectivity index (χ0) is 13.1. The van der Waals surface area contributed by atoms with Gasteiger partial charge in [-0.2, -0.15) is 0 Å². The summed E-state index contributed by atoms with van der Waals surface area (Å²) < 4.78 is 0. The number of nitrogens with zero attached hydrogens (tertiary/aromatic N) is 2. The van der Waals surface area contributed by atoms with Gasteiger partial charge in [0.05, 0.1) is 0 Å². The maximum absolute atomic E-state index is 5.70. The molecule has 2 N–H and O–H groups in total. The summed E-state index contributed by atoms with van der Waals surface area (Å²) in [7, 11) is 4.10. The zero-order valence-corrected chi connectivity index (χ0v) is 11.1. The summed E-state index contributed by atoms with van der Waals surface area (Å²) in [4.78, 5) is 6.36. The van der Waals surface area contributed by atoms with Crippen molar-refractivity contribution < 1.29 is 0 Å². The molecule has 0 fully saturated rings. The standard InChI is InChI=1S/C15H19N3/c1-11-8-13(6-7-17-11)14-5-4-12(10-16)9-15(14)18(2)3/h4-9H,10,16H2,1-3H3. The van der Waals surface area contributed by atoms with E-state index in [1.807, 2.05) is 33.3 Å². The molecule has 0 saturated heterocycles. The van der Waals surface area contributed by atoms with Crippen LogP contribution in [0.25, 0.3) is 11.1 Å². The molecule has 2 rings (SSSR count). The Kier molecular flexibility index (Phi) is 3.63. The van der Waals surface area contributed by atoms with E-state index in [0.717, 1.165) is 11.3 Å². The van der Waals surface area contributed by atoms with Crippen LogP contribution in [0.5, 0.6) is 0 Å². The van der Waals surface area contributed by atoms with E-state index in [9.17, 15) is 0 Å². The van der Waals surface area contributed by atoms with Crippen LogP contribution in [0.2, 0.25) is 0 Å². The van der Waals surface area contributed by atoms with E-state index in [1.165, 1.54) is 16.8 Å². The van der Waals surface area contributed by atoms with Gasteiger partial charge in [0, 0.05) is 43.8 Å². The lowest BCUT2D eigenvalue weighted by molar-refractivity contribution is 1.06. The molecule has 0 bridgehead atoms. The van der Waals surface area contributed by atoms with Gasteiger partial charge in [0.2, 0.25) is 0 Å². The topological polar surface area (TPSA) is 42.1 Å². The summed E-state index contributed by atoms with van der Waals surface area (Å²) in [6, 6.07) is 10.5. The van der Waals surface area contributed by atoms with Crippen LogP contribution in [0.1, 0.15) is 11.3 Å². The van der Waals surface area contributed by atoms with Gasteiger partial charge in [0.25, 0.3) is 0 Å². The van der Waals surface area contributed by atoms with Crippen molar-refractivity contribution >= 4 is 5.69 Å². The van der Waals surface area contributed by atoms with Crippen LogP contribution in [0.3, 0.4) is 0 Å². The molecule has 3 nitrogen and oxygen atoms in total. The minimum absolute atomic E-state index is 0.566. The summed E-state index contributed by atoms with van der Waals surface area (Å²) in [6.45, 7) is 2.57. The van der Waals surface area contributed by atoms with Crippen LogP contribution < -0.4 is 10.6 Å². The van der Waals surface area contributed by atoms with Gasteiger partial charge in [-0.25, -0.2) is 0 Å². The molecule has 0 radical (unpaired) electrons. The van der Waals surface area contributed by atoms with Crippen molar-refractivity contribution in [3.8, 4) is 11.1 Å². The van der Waals surface area contributed by atoms with Crippen LogP contribution in [0, 0.1) is 6.92 Å². The first-order chi connectivity index (χ1) is 8.61. The molecule has 1 aromatic carbocycles. The lowest BCUT2D eigenvalue weighted by Gasteiger charge is -2.19. The Balaban J connectivity index is 2.56. The molecule has 0 saturated carbocycles. The Morgan fingerprint density at radius 3 is 2.56 bits per heavy atom. The number of rotatable bonds is 3. The molecule has 0 atom stereocenters. The third kappa shape index (κ3) is 2.51. The van der Waals surface area contributed by atoms with Crippen LogP contribution in [0.15, 0.2) is 36.5 Å². The Morgan fingerprint density at radius 2 is 1.94 bits per heavy atom. The number of aryl methyl sites for hydroxylation is 1. The Morgan fingerprint density at radius 1 is 1.17 bits per heavy atom. The first-order valence-electron chi connectivity index (χ1n) is 6.05. The van der Waals surface area contributed by atoms with E-state index in [2.05, 4.69) is 34.1 Å². The van der Waals surface area contributed by atoms with Gasteiger partial charge in [-0.05, 0) is 36.2 Å². The van der Waals surface area contributed by atoms with Gasteiger partial charge in [-0.1, -0.05) is 12.1 Å². The summed E-state index contributed by atoms with van der Waals surface area (Å²) in [5, 5.41) is 0. The molecule has 0 aliphatic carbocycles. The third-order valence-electron chi connectivity index (χ3n) is 2.99. The van der Waals surface area contributed by atoms with Crippen molar-refractivity contribution in [1.82, 2.24) is 4.98 Å². The fourth-order valence-corrected chi connectivity index (χ4v) is 2.03. The van der Waals surface area contributed by atoms with Crippen molar-refractivity contribution in [2.75, 3.05) is 19.0 Å². The van der Waals surface area contributed by atoms with Gasteiger partial charge >= 0.3 is 0 Å². The van der Waals surface area contributed by atoms with Crippen LogP contribution >= 0.6 is 0 Å². The summed E-state index contributed by atoms with van der Waals surface area (Å²) in [6.07, 6.45) is 1.85. The lowest BCUT2D eigenvalue weighted by Crippen LogP contribution is -2.11. The van der Waals surface area contributed by atoms with Crippen LogP contribution in [-0.2, 0) is 6.54 Å². The molecule has 0 spiro atoms. The summed E-state index contributed by atoms with van der Waals surface area (Å²) >= 11 is 0. The maximum Gasteiger partial charge on any atom is 0.0443 e. The molecule has 94 valence electrons. The van der Waals surface area contributed by atoms with Crippen molar-refractivity contribution in [3.05, 3.63) is 47.8 Å². The van der Waals surface area contributed by atoms with Crippen molar-refractivity contribution in [2.24, 2.45) is 5.73 Å². The van der Waals surface area contributed by atoms with E-state index >= 15 is 0 Å². The maximum atomic E-state index is 5.70. The number of pyridine rings is 1. The largest absolute Gasteiger partial charge is 0.377 e. The highest BCUT2D eigenvalue weighted by molar-refractivity contribution is 5.79. The van der Waals surface area contributed by atoms with E-state index in [-0.39, 0.29) is 0 Å². The third-order valence-corrected chi connectivity index (χ3v) is 2.99. The van der Waals surface area contributed by atoms with Gasteiger partial charge in [0.1, 0.15) is 0 Å². The van der Waals surface area contributed by atoms with E-state index in [0.29, 0.717) is 6.54 Å². The fraction of sp³-hybridized carbons (Fsp3) is 0.267. The number of benzene rings is 1. The molecule has 1 aromatic heterocycles. The van der Waals surface area contributed by atoms with Gasteiger partial charge in [-0.3, -0.25) is 4.98 Å². The van der Waals surface area contributed by atoms with Gasteiger partial charge in [0.15, 0.2) is 0 Å². The minimum Gasteiger partial charge on any atom is -0.377 e. The number of hydrogen-bond acceptors (Lipinski definition) is 3. The minimum atomic E-state index is 0.566. The SMILES string of the molecule is Cc1cc(-c2ccc(CN)cc2N(C)C)ccn1. The van der Waals surface area contributed by atoms with E-state index in [4.69, 9.17) is 5.73 Å². The molecule has 2 aromatic rings. The zero-order valence-electron chi connectivity index (χ0n) is 11.1. The van der Waals surface area contributed by atoms with Crippen molar-refractivity contribution in [3.63, 3.8) is 0 Å². The number of aromatic nitrogens is 1. The second kappa shape index (κ2) is 5.19. The highest BCUT2D eigenvalue weighted by Crippen LogP contribution is 2.30. The van der Waals surface area contributed by atoms with Gasteiger partial charge < -0.3 is 10.6 Å². The van der Waals surface area contributed by atoms with E-state index < -0.39 is 0 Å².